The van der Waals surface area contributed by atoms with Gasteiger partial charge in [-0.25, -0.2) is 8.78 Å². The van der Waals surface area contributed by atoms with Gasteiger partial charge in [0.1, 0.15) is 11.6 Å². The quantitative estimate of drug-likeness (QED) is 0.478. The van der Waals surface area contributed by atoms with Crippen molar-refractivity contribution in [1.82, 2.24) is 4.90 Å². The molecule has 1 unspecified atom stereocenters. The van der Waals surface area contributed by atoms with Crippen LogP contribution in [0.3, 0.4) is 0 Å². The number of nitrogens with zero attached hydrogens (tertiary/aromatic N) is 2. The van der Waals surface area contributed by atoms with Crippen LogP contribution < -0.4 is 9.47 Å². The minimum Gasteiger partial charge on any atom is -0.493 e. The van der Waals surface area contributed by atoms with Crippen LogP contribution in [0.1, 0.15) is 27.9 Å². The first kappa shape index (κ1) is 23.2. The van der Waals surface area contributed by atoms with Crippen molar-refractivity contribution in [2.24, 2.45) is 5.16 Å². The van der Waals surface area contributed by atoms with E-state index in [1.807, 2.05) is 6.07 Å². The molecular formula is C26H24F2N2O4. The zero-order valence-corrected chi connectivity index (χ0v) is 18.8. The summed E-state index contributed by atoms with van der Waals surface area (Å²) >= 11 is 0. The van der Waals surface area contributed by atoms with Crippen molar-refractivity contribution in [3.63, 3.8) is 0 Å². The van der Waals surface area contributed by atoms with Gasteiger partial charge in [-0.05, 0) is 48.0 Å². The fourth-order valence-electron chi connectivity index (χ4n) is 3.84. The highest BCUT2D eigenvalue weighted by atomic mass is 19.1. The fraction of sp³-hybridized carbons (Fsp3) is 0.231. The van der Waals surface area contributed by atoms with Crippen molar-refractivity contribution in [2.45, 2.75) is 19.1 Å². The molecule has 0 spiro atoms. The highest BCUT2D eigenvalue weighted by Crippen LogP contribution is 2.30. The molecule has 0 saturated heterocycles. The first-order valence-electron chi connectivity index (χ1n) is 10.7. The van der Waals surface area contributed by atoms with Crippen molar-refractivity contribution in [3.05, 3.63) is 95.1 Å². The van der Waals surface area contributed by atoms with Gasteiger partial charge < -0.3 is 19.2 Å². The SMILES string of the molecule is COc1ccc(C2=NOC(CN(Cc3cccc(F)c3)C(=O)c3ccccc3F)C2)cc1OC. The predicted molar refractivity (Wildman–Crippen MR) is 123 cm³/mol. The first-order chi connectivity index (χ1) is 16.5. The van der Waals surface area contributed by atoms with Crippen LogP contribution in [0.25, 0.3) is 0 Å². The number of amides is 1. The van der Waals surface area contributed by atoms with Gasteiger partial charge in [0.25, 0.3) is 5.91 Å². The maximum Gasteiger partial charge on any atom is 0.257 e. The highest BCUT2D eigenvalue weighted by molar-refractivity contribution is 6.02. The lowest BCUT2D eigenvalue weighted by Gasteiger charge is -2.25. The molecule has 176 valence electrons. The summed E-state index contributed by atoms with van der Waals surface area (Å²) in [6.07, 6.45) is -0.0213. The van der Waals surface area contributed by atoms with E-state index < -0.39 is 23.6 Å². The van der Waals surface area contributed by atoms with Gasteiger partial charge in [0.05, 0.1) is 32.0 Å². The van der Waals surface area contributed by atoms with E-state index in [0.29, 0.717) is 29.2 Å². The summed E-state index contributed by atoms with van der Waals surface area (Å²) in [6, 6.07) is 17.2. The van der Waals surface area contributed by atoms with E-state index in [1.165, 1.54) is 35.2 Å². The molecule has 0 aromatic heterocycles. The Balaban J connectivity index is 1.53. The predicted octanol–water partition coefficient (Wildman–Crippen LogP) is 4.82. The lowest BCUT2D eigenvalue weighted by molar-refractivity contribution is 0.0402. The Bertz CT molecular complexity index is 1210. The Kier molecular flexibility index (Phi) is 7.06. The van der Waals surface area contributed by atoms with Gasteiger partial charge in [0.2, 0.25) is 0 Å². The van der Waals surface area contributed by atoms with Crippen LogP contribution in [-0.4, -0.2) is 43.4 Å². The minimum atomic E-state index is -0.619. The number of methoxy groups -OCH3 is 2. The summed E-state index contributed by atoms with van der Waals surface area (Å²) in [5.74, 6) is -0.378. The molecule has 1 atom stereocenters. The molecule has 0 N–H and O–H groups in total. The Labute approximate surface area is 196 Å². The van der Waals surface area contributed by atoms with E-state index in [4.69, 9.17) is 14.3 Å². The minimum absolute atomic E-state index is 0.0575. The van der Waals surface area contributed by atoms with Crippen LogP contribution in [0.5, 0.6) is 11.5 Å². The first-order valence-corrected chi connectivity index (χ1v) is 10.7. The summed E-state index contributed by atoms with van der Waals surface area (Å²) in [5.41, 5.74) is 2.02. The summed E-state index contributed by atoms with van der Waals surface area (Å²) < 4.78 is 38.7. The zero-order valence-electron chi connectivity index (χ0n) is 18.8. The van der Waals surface area contributed by atoms with Crippen molar-refractivity contribution < 1.29 is 27.9 Å². The van der Waals surface area contributed by atoms with E-state index in [9.17, 15) is 13.6 Å². The molecule has 0 aliphatic carbocycles. The van der Waals surface area contributed by atoms with Gasteiger partial charge in [-0.15, -0.1) is 0 Å². The van der Waals surface area contributed by atoms with Gasteiger partial charge >= 0.3 is 0 Å². The Morgan fingerprint density at radius 3 is 2.56 bits per heavy atom. The molecule has 6 nitrogen and oxygen atoms in total. The lowest BCUT2D eigenvalue weighted by Crippen LogP contribution is -2.37. The maximum absolute atomic E-state index is 14.4. The van der Waals surface area contributed by atoms with E-state index in [2.05, 4.69) is 5.16 Å². The molecule has 3 aromatic rings. The van der Waals surface area contributed by atoms with Crippen LogP contribution in [0.15, 0.2) is 71.9 Å². The normalized spacial score (nSPS) is 14.8. The molecule has 0 saturated carbocycles. The fourth-order valence-corrected chi connectivity index (χ4v) is 3.84. The molecule has 34 heavy (non-hydrogen) atoms. The molecule has 3 aromatic carbocycles. The van der Waals surface area contributed by atoms with Crippen LogP contribution in [-0.2, 0) is 11.4 Å². The second kappa shape index (κ2) is 10.3. The summed E-state index contributed by atoms with van der Waals surface area (Å²) in [5, 5.41) is 4.19. The van der Waals surface area contributed by atoms with E-state index in [-0.39, 0.29) is 18.7 Å². The third kappa shape index (κ3) is 5.17. The van der Waals surface area contributed by atoms with Gasteiger partial charge in [0.15, 0.2) is 17.6 Å². The summed E-state index contributed by atoms with van der Waals surface area (Å²) in [6.45, 7) is 0.237. The van der Waals surface area contributed by atoms with Gasteiger partial charge in [-0.1, -0.05) is 29.4 Å². The average Bonchev–Trinajstić information content (AvgIpc) is 3.31. The molecule has 8 heteroatoms. The topological polar surface area (TPSA) is 60.4 Å². The van der Waals surface area contributed by atoms with Crippen molar-refractivity contribution >= 4 is 11.6 Å². The number of carbonyl (C=O) groups excluding carboxylic acids is 1. The number of ether oxygens (including phenoxy) is 2. The van der Waals surface area contributed by atoms with E-state index in [1.54, 1.807) is 44.6 Å². The molecule has 0 radical (unpaired) electrons. The molecule has 1 heterocycles. The van der Waals surface area contributed by atoms with Crippen LogP contribution in [0, 0.1) is 11.6 Å². The van der Waals surface area contributed by atoms with Crippen LogP contribution in [0.4, 0.5) is 8.78 Å². The molecule has 1 aliphatic rings. The highest BCUT2D eigenvalue weighted by Gasteiger charge is 2.29. The van der Waals surface area contributed by atoms with Gasteiger partial charge in [0, 0.05) is 18.5 Å². The molecule has 0 fully saturated rings. The number of rotatable bonds is 8. The standard InChI is InChI=1S/C26H24F2N2O4/c1-32-24-11-10-18(13-25(24)33-2)23-14-20(34-29-23)16-30(15-17-6-5-7-19(27)12-17)26(31)21-8-3-4-9-22(21)28/h3-13,20H,14-16H2,1-2H3. The Hall–Kier alpha value is -3.94. The monoisotopic (exact) mass is 466 g/mol. The molecular weight excluding hydrogens is 442 g/mol. The van der Waals surface area contributed by atoms with E-state index in [0.717, 1.165) is 5.56 Å². The number of halogens is 2. The van der Waals surface area contributed by atoms with Crippen LogP contribution >= 0.6 is 0 Å². The second-order valence-electron chi connectivity index (χ2n) is 7.83. The molecule has 1 amide bonds. The number of oxime groups is 1. The van der Waals surface area contributed by atoms with Crippen molar-refractivity contribution in [3.8, 4) is 11.5 Å². The van der Waals surface area contributed by atoms with Gasteiger partial charge in [-0.3, -0.25) is 4.79 Å². The molecule has 0 bridgehead atoms. The smallest absolute Gasteiger partial charge is 0.257 e. The van der Waals surface area contributed by atoms with Crippen molar-refractivity contribution in [1.29, 1.82) is 0 Å². The Morgan fingerprint density at radius 1 is 1.03 bits per heavy atom. The number of carbonyl (C=O) groups is 1. The van der Waals surface area contributed by atoms with Gasteiger partial charge in [-0.2, -0.15) is 0 Å². The average molecular weight is 466 g/mol. The summed E-state index contributed by atoms with van der Waals surface area (Å²) in [7, 11) is 3.11. The summed E-state index contributed by atoms with van der Waals surface area (Å²) in [4.78, 5) is 20.3. The third-order valence-corrected chi connectivity index (χ3v) is 5.53. The largest absolute Gasteiger partial charge is 0.493 e. The van der Waals surface area contributed by atoms with E-state index >= 15 is 0 Å². The molecule has 1 aliphatic heterocycles. The Morgan fingerprint density at radius 2 is 1.82 bits per heavy atom. The van der Waals surface area contributed by atoms with Crippen LogP contribution in [0.2, 0.25) is 0 Å². The number of hydrogen-bond donors (Lipinski definition) is 0. The van der Waals surface area contributed by atoms with Crippen molar-refractivity contribution in [2.75, 3.05) is 20.8 Å². The number of benzene rings is 3. The number of hydrogen-bond acceptors (Lipinski definition) is 5. The zero-order chi connectivity index (χ0) is 24.1. The lowest BCUT2D eigenvalue weighted by atomic mass is 10.0. The third-order valence-electron chi connectivity index (χ3n) is 5.53. The molecule has 4 rings (SSSR count). The second-order valence-corrected chi connectivity index (χ2v) is 7.83. The maximum atomic E-state index is 14.4.